The summed E-state index contributed by atoms with van der Waals surface area (Å²) in [5.74, 6) is 1.14. The van der Waals surface area contributed by atoms with E-state index >= 15 is 0 Å². The van der Waals surface area contributed by atoms with Crippen LogP contribution in [0.25, 0.3) is 0 Å². The molecule has 1 N–H and O–H groups in total. The first-order chi connectivity index (χ1) is 9.38. The minimum absolute atomic E-state index is 0.593. The number of rotatable bonds is 8. The van der Waals surface area contributed by atoms with E-state index in [0.29, 0.717) is 6.04 Å². The highest BCUT2D eigenvalue weighted by Crippen LogP contribution is 2.20. The Labute approximate surface area is 124 Å². The van der Waals surface area contributed by atoms with Gasteiger partial charge < -0.3 is 5.32 Å². The quantitative estimate of drug-likeness (QED) is 0.721. The molecule has 1 unspecified atom stereocenters. The van der Waals surface area contributed by atoms with Crippen molar-refractivity contribution >= 4 is 23.1 Å². The van der Waals surface area contributed by atoms with Gasteiger partial charge in [0.25, 0.3) is 0 Å². The van der Waals surface area contributed by atoms with Crippen molar-refractivity contribution in [3.8, 4) is 0 Å². The minimum atomic E-state index is 0.593. The second-order valence-corrected chi connectivity index (χ2v) is 6.42. The third-order valence-electron chi connectivity index (χ3n) is 3.05. The minimum Gasteiger partial charge on any atom is -0.313 e. The molecule has 19 heavy (non-hydrogen) atoms. The lowest BCUT2D eigenvalue weighted by atomic mass is 10.1. The third kappa shape index (κ3) is 5.39. The summed E-state index contributed by atoms with van der Waals surface area (Å²) in [7, 11) is 0. The van der Waals surface area contributed by atoms with Crippen LogP contribution in [0.1, 0.15) is 18.9 Å². The molecule has 0 fully saturated rings. The van der Waals surface area contributed by atoms with Crippen LogP contribution in [0.2, 0.25) is 0 Å². The molecule has 0 aliphatic rings. The largest absolute Gasteiger partial charge is 0.313 e. The van der Waals surface area contributed by atoms with E-state index in [4.69, 9.17) is 0 Å². The van der Waals surface area contributed by atoms with Crippen molar-refractivity contribution in [2.24, 2.45) is 0 Å². The third-order valence-corrected chi connectivity index (χ3v) is 4.96. The van der Waals surface area contributed by atoms with E-state index in [1.165, 1.54) is 23.3 Å². The monoisotopic (exact) mass is 291 g/mol. The average molecular weight is 291 g/mol. The lowest BCUT2D eigenvalue weighted by Crippen LogP contribution is -2.31. The molecule has 0 bridgehead atoms. The molecule has 1 aromatic carbocycles. The van der Waals surface area contributed by atoms with Gasteiger partial charge in [-0.1, -0.05) is 25.1 Å². The summed E-state index contributed by atoms with van der Waals surface area (Å²) >= 11 is 3.73. The molecule has 0 saturated carbocycles. The molecule has 102 valence electrons. The van der Waals surface area contributed by atoms with Crippen molar-refractivity contribution in [1.82, 2.24) is 5.32 Å². The molecule has 3 heteroatoms. The number of nitrogens with one attached hydrogen (secondary N) is 1. The number of benzene rings is 1. The fraction of sp³-hybridized carbons (Fsp3) is 0.375. The Morgan fingerprint density at radius 3 is 2.74 bits per heavy atom. The fourth-order valence-electron chi connectivity index (χ4n) is 2.02. The number of hydrogen-bond acceptors (Lipinski definition) is 3. The van der Waals surface area contributed by atoms with E-state index in [1.807, 2.05) is 11.8 Å². The first kappa shape index (κ1) is 14.6. The smallest absolute Gasteiger partial charge is 0.0164 e. The lowest BCUT2D eigenvalue weighted by Gasteiger charge is -2.17. The van der Waals surface area contributed by atoms with E-state index in [1.54, 1.807) is 11.3 Å². The second kappa shape index (κ2) is 8.41. The normalized spacial score (nSPS) is 12.5. The lowest BCUT2D eigenvalue weighted by molar-refractivity contribution is 0.538. The Hall–Kier alpha value is -0.770. The summed E-state index contributed by atoms with van der Waals surface area (Å²) in [6.07, 6.45) is 2.39. The molecule has 0 radical (unpaired) electrons. The van der Waals surface area contributed by atoms with E-state index < -0.39 is 0 Å². The first-order valence-corrected chi connectivity index (χ1v) is 8.73. The van der Waals surface area contributed by atoms with Gasteiger partial charge >= 0.3 is 0 Å². The molecule has 2 rings (SSSR count). The average Bonchev–Trinajstić information content (AvgIpc) is 2.96. The summed E-state index contributed by atoms with van der Waals surface area (Å²) in [5.41, 5.74) is 1.47. The highest BCUT2D eigenvalue weighted by molar-refractivity contribution is 7.99. The summed E-state index contributed by atoms with van der Waals surface area (Å²) < 4.78 is 0. The Kier molecular flexibility index (Phi) is 6.48. The van der Waals surface area contributed by atoms with Gasteiger partial charge in [0.2, 0.25) is 0 Å². The van der Waals surface area contributed by atoms with Gasteiger partial charge in [0, 0.05) is 16.7 Å². The second-order valence-electron chi connectivity index (χ2n) is 4.55. The van der Waals surface area contributed by atoms with Gasteiger partial charge in [-0.15, -0.1) is 11.8 Å². The van der Waals surface area contributed by atoms with Crippen LogP contribution in [-0.4, -0.2) is 18.3 Å². The Morgan fingerprint density at radius 1 is 1.21 bits per heavy atom. The molecule has 1 nitrogen and oxygen atoms in total. The number of aryl methyl sites for hydroxylation is 1. The van der Waals surface area contributed by atoms with Crippen LogP contribution in [0.15, 0.2) is 52.1 Å². The van der Waals surface area contributed by atoms with Crippen LogP contribution in [0.4, 0.5) is 0 Å². The molecule has 1 atom stereocenters. The topological polar surface area (TPSA) is 12.0 Å². The van der Waals surface area contributed by atoms with Gasteiger partial charge in [-0.05, 0) is 53.9 Å². The van der Waals surface area contributed by atoms with E-state index in [-0.39, 0.29) is 0 Å². The summed E-state index contributed by atoms with van der Waals surface area (Å²) in [4.78, 5) is 1.36. The summed E-state index contributed by atoms with van der Waals surface area (Å²) in [6.45, 7) is 3.23. The number of thiophene rings is 1. The molecule has 0 aliphatic carbocycles. The molecular formula is C16H21NS2. The van der Waals surface area contributed by atoms with Crippen LogP contribution in [0.5, 0.6) is 0 Å². The zero-order chi connectivity index (χ0) is 13.3. The Balaban J connectivity index is 1.78. The van der Waals surface area contributed by atoms with E-state index in [0.717, 1.165) is 12.3 Å². The van der Waals surface area contributed by atoms with Gasteiger partial charge in [0.05, 0.1) is 0 Å². The zero-order valence-electron chi connectivity index (χ0n) is 11.3. The van der Waals surface area contributed by atoms with Gasteiger partial charge in [-0.2, -0.15) is 11.3 Å². The van der Waals surface area contributed by atoms with E-state index in [9.17, 15) is 0 Å². The predicted octanol–water partition coefficient (Wildman–Crippen LogP) is 4.45. The molecule has 0 amide bonds. The van der Waals surface area contributed by atoms with Crippen LogP contribution in [0, 0.1) is 0 Å². The van der Waals surface area contributed by atoms with Crippen LogP contribution in [0.3, 0.4) is 0 Å². The maximum absolute atomic E-state index is 3.60. The van der Waals surface area contributed by atoms with Crippen LogP contribution < -0.4 is 5.32 Å². The van der Waals surface area contributed by atoms with Crippen LogP contribution in [-0.2, 0) is 6.42 Å². The molecule has 0 saturated heterocycles. The maximum Gasteiger partial charge on any atom is 0.0164 e. The van der Waals surface area contributed by atoms with E-state index in [2.05, 4.69) is 59.4 Å². The number of thioether (sulfide) groups is 1. The zero-order valence-corrected chi connectivity index (χ0v) is 13.0. The van der Waals surface area contributed by atoms with Gasteiger partial charge in [0.1, 0.15) is 0 Å². The fourth-order valence-corrected chi connectivity index (χ4v) is 3.75. The SMILES string of the molecule is CCNC(CCc1ccsc1)CSc1ccccc1. The Morgan fingerprint density at radius 2 is 2.05 bits per heavy atom. The van der Waals surface area contributed by atoms with Crippen molar-refractivity contribution in [3.05, 3.63) is 52.7 Å². The summed E-state index contributed by atoms with van der Waals surface area (Å²) in [6, 6.07) is 13.5. The first-order valence-electron chi connectivity index (χ1n) is 6.80. The van der Waals surface area contributed by atoms with Crippen molar-refractivity contribution in [2.75, 3.05) is 12.3 Å². The standard InChI is InChI=1S/C16H21NS2/c1-2-17-15(9-8-14-10-11-18-12-14)13-19-16-6-4-3-5-7-16/h3-7,10-12,15,17H,2,8-9,13H2,1H3. The highest BCUT2D eigenvalue weighted by Gasteiger charge is 2.08. The molecule has 0 spiro atoms. The molecule has 0 aliphatic heterocycles. The van der Waals surface area contributed by atoms with Crippen molar-refractivity contribution < 1.29 is 0 Å². The molecular weight excluding hydrogens is 270 g/mol. The van der Waals surface area contributed by atoms with Gasteiger partial charge in [-0.3, -0.25) is 0 Å². The van der Waals surface area contributed by atoms with Crippen molar-refractivity contribution in [2.45, 2.75) is 30.7 Å². The molecule has 1 aromatic heterocycles. The van der Waals surface area contributed by atoms with Crippen molar-refractivity contribution in [3.63, 3.8) is 0 Å². The molecule has 1 heterocycles. The van der Waals surface area contributed by atoms with Gasteiger partial charge in [-0.25, -0.2) is 0 Å². The van der Waals surface area contributed by atoms with Crippen molar-refractivity contribution in [1.29, 1.82) is 0 Å². The van der Waals surface area contributed by atoms with Crippen LogP contribution >= 0.6 is 23.1 Å². The predicted molar refractivity (Wildman–Crippen MR) is 87.3 cm³/mol. The highest BCUT2D eigenvalue weighted by atomic mass is 32.2. The summed E-state index contributed by atoms with van der Waals surface area (Å²) in [5, 5.41) is 8.02. The maximum atomic E-state index is 3.60. The Bertz CT molecular complexity index is 439. The molecule has 2 aromatic rings. The van der Waals surface area contributed by atoms with Gasteiger partial charge in [0.15, 0.2) is 0 Å². The number of hydrogen-bond donors (Lipinski definition) is 1.